The third-order valence-electron chi connectivity index (χ3n) is 4.53. The molecule has 1 amide bonds. The number of carbonyl (C=O) groups is 1. The minimum absolute atomic E-state index is 0.151. The van der Waals surface area contributed by atoms with Crippen molar-refractivity contribution in [3.63, 3.8) is 0 Å². The Morgan fingerprint density at radius 1 is 0.935 bits per heavy atom. The standard InChI is InChI=1S/C21H18N2O6S2/c1-26-12-4-6-13(7-5-12)29-21(25)22-18-19-16(11-30-31-19)23(20(18)24)15-9-8-14(27-2)10-17(15)28-3/h4-11H,1-3H3,(H,22,25). The van der Waals surface area contributed by atoms with Gasteiger partial charge in [0.2, 0.25) is 0 Å². The quantitative estimate of drug-likeness (QED) is 0.421. The predicted molar refractivity (Wildman–Crippen MR) is 120 cm³/mol. The maximum Gasteiger partial charge on any atom is 0.417 e. The molecule has 31 heavy (non-hydrogen) atoms. The minimum atomic E-state index is -0.763. The molecule has 4 rings (SSSR count). The normalized spacial score (nSPS) is 10.7. The number of amides is 1. The highest BCUT2D eigenvalue weighted by molar-refractivity contribution is 7.70. The van der Waals surface area contributed by atoms with Gasteiger partial charge in [0.1, 0.15) is 28.7 Å². The summed E-state index contributed by atoms with van der Waals surface area (Å²) in [5, 5.41) is 4.44. The first kappa shape index (κ1) is 20.8. The Kier molecular flexibility index (Phi) is 5.83. The Morgan fingerprint density at radius 2 is 1.61 bits per heavy atom. The largest absolute Gasteiger partial charge is 0.497 e. The molecular formula is C21H18N2O6S2. The molecule has 2 aliphatic heterocycles. The number of nitrogens with one attached hydrogen (secondary N) is 1. The van der Waals surface area contributed by atoms with Crippen molar-refractivity contribution in [2.75, 3.05) is 26.6 Å². The fourth-order valence-electron chi connectivity index (χ4n) is 3.05. The lowest BCUT2D eigenvalue weighted by molar-refractivity contribution is 0.215. The second-order valence-corrected chi connectivity index (χ2v) is 8.34. The zero-order chi connectivity index (χ0) is 22.0. The van der Waals surface area contributed by atoms with Gasteiger partial charge >= 0.3 is 6.09 Å². The summed E-state index contributed by atoms with van der Waals surface area (Å²) in [5.41, 5.74) is 0.977. The predicted octanol–water partition coefficient (Wildman–Crippen LogP) is 4.70. The molecule has 2 aromatic rings. The van der Waals surface area contributed by atoms with Gasteiger partial charge in [0, 0.05) is 11.4 Å². The number of aromatic nitrogens is 1. The van der Waals surface area contributed by atoms with Crippen molar-refractivity contribution in [1.82, 2.24) is 4.57 Å². The Labute approximate surface area is 184 Å². The van der Waals surface area contributed by atoms with E-state index in [1.165, 1.54) is 32.4 Å². The number of hydrogen-bond donors (Lipinski definition) is 1. The second kappa shape index (κ2) is 8.70. The molecule has 0 fully saturated rings. The van der Waals surface area contributed by atoms with Crippen molar-refractivity contribution in [1.29, 1.82) is 0 Å². The molecule has 0 saturated carbocycles. The van der Waals surface area contributed by atoms with Gasteiger partial charge in [-0.05, 0) is 36.4 Å². The van der Waals surface area contributed by atoms with Crippen molar-refractivity contribution in [3.05, 3.63) is 58.2 Å². The molecule has 1 N–H and O–H groups in total. The third-order valence-corrected chi connectivity index (χ3v) is 6.61. The Morgan fingerprint density at radius 3 is 2.29 bits per heavy atom. The molecule has 10 heteroatoms. The van der Waals surface area contributed by atoms with Gasteiger partial charge in [-0.3, -0.25) is 14.7 Å². The van der Waals surface area contributed by atoms with E-state index < -0.39 is 6.09 Å². The number of carbonyl (C=O) groups excluding carboxylic acids is 1. The van der Waals surface area contributed by atoms with Crippen LogP contribution in [0.15, 0.2) is 52.6 Å². The van der Waals surface area contributed by atoms with E-state index in [0.717, 1.165) is 0 Å². The summed E-state index contributed by atoms with van der Waals surface area (Å²) in [6.07, 6.45) is -0.763. The lowest BCUT2D eigenvalue weighted by Crippen LogP contribution is -2.23. The maximum absolute atomic E-state index is 13.2. The molecule has 2 aromatic carbocycles. The number of ether oxygens (including phenoxy) is 4. The van der Waals surface area contributed by atoms with Crippen LogP contribution in [-0.4, -0.2) is 32.0 Å². The molecule has 0 saturated heterocycles. The summed E-state index contributed by atoms with van der Waals surface area (Å²) in [6, 6.07) is 11.7. The second-order valence-electron chi connectivity index (χ2n) is 6.26. The van der Waals surface area contributed by atoms with Crippen LogP contribution in [0.1, 0.15) is 0 Å². The number of fused-ring (bicyclic) bond motifs is 1. The molecule has 0 radical (unpaired) electrons. The van der Waals surface area contributed by atoms with E-state index in [1.807, 2.05) is 5.38 Å². The van der Waals surface area contributed by atoms with Crippen LogP contribution in [0, 0.1) is 0 Å². The summed E-state index contributed by atoms with van der Waals surface area (Å²) < 4.78 is 22.6. The lowest BCUT2D eigenvalue weighted by atomic mass is 10.2. The average Bonchev–Trinajstić information content (AvgIpc) is 3.35. The number of benzene rings is 2. The first-order valence-electron chi connectivity index (χ1n) is 9.03. The number of hydrogen-bond acceptors (Lipinski definition) is 8. The van der Waals surface area contributed by atoms with Crippen LogP contribution in [0.5, 0.6) is 23.0 Å². The van der Waals surface area contributed by atoms with Gasteiger partial charge in [0.15, 0.2) is 0 Å². The van der Waals surface area contributed by atoms with Gasteiger partial charge < -0.3 is 18.9 Å². The number of nitrogens with zero attached hydrogens (tertiary/aromatic N) is 1. The topological polar surface area (TPSA) is 88.0 Å². The summed E-state index contributed by atoms with van der Waals surface area (Å²) >= 11 is 0. The zero-order valence-electron chi connectivity index (χ0n) is 16.8. The third kappa shape index (κ3) is 3.94. The van der Waals surface area contributed by atoms with E-state index in [-0.39, 0.29) is 11.2 Å². The molecule has 0 aromatic heterocycles. The number of methoxy groups -OCH3 is 3. The van der Waals surface area contributed by atoms with Crippen LogP contribution >= 0.6 is 20.7 Å². The molecule has 2 aliphatic rings. The summed E-state index contributed by atoms with van der Waals surface area (Å²) in [4.78, 5) is 26.4. The van der Waals surface area contributed by atoms with Gasteiger partial charge in [0.25, 0.3) is 5.56 Å². The van der Waals surface area contributed by atoms with E-state index >= 15 is 0 Å². The molecule has 0 aliphatic carbocycles. The van der Waals surface area contributed by atoms with E-state index in [0.29, 0.717) is 39.3 Å². The van der Waals surface area contributed by atoms with Crippen LogP contribution in [0.3, 0.4) is 0 Å². The molecule has 160 valence electrons. The highest BCUT2D eigenvalue weighted by Crippen LogP contribution is 2.40. The van der Waals surface area contributed by atoms with Gasteiger partial charge in [-0.25, -0.2) is 4.79 Å². The van der Waals surface area contributed by atoms with Crippen LogP contribution in [0.25, 0.3) is 16.3 Å². The van der Waals surface area contributed by atoms with Gasteiger partial charge in [-0.1, -0.05) is 20.7 Å². The van der Waals surface area contributed by atoms with Gasteiger partial charge in [0.05, 0.1) is 37.6 Å². The average molecular weight is 459 g/mol. The lowest BCUT2D eigenvalue weighted by Gasteiger charge is -2.11. The minimum Gasteiger partial charge on any atom is -0.497 e. The first-order chi connectivity index (χ1) is 15.0. The fraction of sp³-hybridized carbons (Fsp3) is 0.143. The van der Waals surface area contributed by atoms with Crippen molar-refractivity contribution in [2.24, 2.45) is 0 Å². The highest BCUT2D eigenvalue weighted by atomic mass is 32.9. The van der Waals surface area contributed by atoms with Crippen LogP contribution in [0.2, 0.25) is 0 Å². The summed E-state index contributed by atoms with van der Waals surface area (Å²) in [5.74, 6) is 2.04. The Bertz CT molecular complexity index is 1240. The van der Waals surface area contributed by atoms with Crippen molar-refractivity contribution in [3.8, 4) is 39.3 Å². The Balaban J connectivity index is 1.67. The fourth-order valence-corrected chi connectivity index (χ4v) is 5.26. The zero-order valence-corrected chi connectivity index (χ0v) is 18.5. The van der Waals surface area contributed by atoms with Gasteiger partial charge in [-0.2, -0.15) is 0 Å². The molecule has 0 spiro atoms. The molecule has 0 bridgehead atoms. The molecule has 0 atom stereocenters. The molecular weight excluding hydrogens is 440 g/mol. The van der Waals surface area contributed by atoms with Crippen molar-refractivity contribution < 1.29 is 23.7 Å². The Hall–Kier alpha value is -3.50. The number of rotatable bonds is 6. The van der Waals surface area contributed by atoms with E-state index in [1.54, 1.807) is 56.7 Å². The highest BCUT2D eigenvalue weighted by Gasteiger charge is 2.27. The molecule has 0 unspecified atom stereocenters. The summed E-state index contributed by atoms with van der Waals surface area (Å²) in [6.45, 7) is 0. The monoisotopic (exact) mass is 458 g/mol. The van der Waals surface area contributed by atoms with E-state index in [2.05, 4.69) is 5.32 Å². The van der Waals surface area contributed by atoms with Crippen LogP contribution < -0.4 is 29.8 Å². The van der Waals surface area contributed by atoms with Crippen molar-refractivity contribution >= 4 is 32.5 Å². The maximum atomic E-state index is 13.2. The number of anilines is 1. The SMILES string of the molecule is COc1ccc(OC(=O)Nc2c3sscc-3n(-c3ccc(OC)cc3OC)c2=O)cc1. The smallest absolute Gasteiger partial charge is 0.417 e. The van der Waals surface area contributed by atoms with Crippen LogP contribution in [-0.2, 0) is 0 Å². The van der Waals surface area contributed by atoms with Crippen molar-refractivity contribution in [2.45, 2.75) is 0 Å². The molecule has 2 heterocycles. The van der Waals surface area contributed by atoms with E-state index in [4.69, 9.17) is 18.9 Å². The first-order valence-corrected chi connectivity index (χ1v) is 11.2. The summed E-state index contributed by atoms with van der Waals surface area (Å²) in [7, 11) is 7.47. The molecule has 8 nitrogen and oxygen atoms in total. The van der Waals surface area contributed by atoms with E-state index in [9.17, 15) is 9.59 Å². The van der Waals surface area contributed by atoms with Gasteiger partial charge in [-0.15, -0.1) is 0 Å². The van der Waals surface area contributed by atoms with Crippen LogP contribution in [0.4, 0.5) is 10.5 Å².